The molecule has 0 atom stereocenters. The van der Waals surface area contributed by atoms with Crippen molar-refractivity contribution in [2.75, 3.05) is 26.2 Å². The molecule has 2 aliphatic heterocycles. The Labute approximate surface area is 279 Å². The zero-order valence-electron chi connectivity index (χ0n) is 26.7. The summed E-state index contributed by atoms with van der Waals surface area (Å²) in [5.41, 5.74) is 4.05. The predicted molar refractivity (Wildman–Crippen MR) is 183 cm³/mol. The fourth-order valence-electron chi connectivity index (χ4n) is 6.14. The molecule has 6 nitrogen and oxygen atoms in total. The van der Waals surface area contributed by atoms with Crippen LogP contribution < -0.4 is 9.47 Å². The summed E-state index contributed by atoms with van der Waals surface area (Å²) in [7, 11) is 0. The lowest BCUT2D eigenvalue weighted by Crippen LogP contribution is -2.41. The second-order valence-electron chi connectivity index (χ2n) is 12.2. The molecule has 6 rings (SSSR count). The van der Waals surface area contributed by atoms with Gasteiger partial charge in [0.1, 0.15) is 35.3 Å². The molecule has 2 amide bonds. The summed E-state index contributed by atoms with van der Waals surface area (Å²) in [4.78, 5) is 28.4. The quantitative estimate of drug-likeness (QED) is 0.173. The molecule has 2 saturated heterocycles. The first-order valence-electron chi connectivity index (χ1n) is 16.3. The lowest BCUT2D eigenvalue weighted by atomic mass is 10.0. The fraction of sp³-hybridized carbons (Fsp3) is 0.250. The SMILES string of the molecule is C=CC(=O)N1CCC(Oc2ccc(-c3cc(F)cc(/C=C/C(=O)N4CCC(Oc5ccc(-c6ccc(F)cc6)cc5)CC4)c3)cc2)CC1. The van der Waals surface area contributed by atoms with E-state index in [0.29, 0.717) is 50.1 Å². The highest BCUT2D eigenvalue weighted by Crippen LogP contribution is 2.28. The lowest BCUT2D eigenvalue weighted by Gasteiger charge is -2.31. The number of hydrogen-bond acceptors (Lipinski definition) is 4. The van der Waals surface area contributed by atoms with E-state index in [9.17, 15) is 18.4 Å². The molecule has 2 fully saturated rings. The van der Waals surface area contributed by atoms with Gasteiger partial charge in [-0.25, -0.2) is 8.78 Å². The van der Waals surface area contributed by atoms with Crippen LogP contribution in [0, 0.1) is 11.6 Å². The molecule has 0 aromatic heterocycles. The maximum atomic E-state index is 14.6. The maximum absolute atomic E-state index is 14.6. The molecular formula is C40H38F2N2O4. The van der Waals surface area contributed by atoms with Crippen molar-refractivity contribution in [3.63, 3.8) is 0 Å². The Kier molecular flexibility index (Phi) is 10.3. The fourth-order valence-corrected chi connectivity index (χ4v) is 6.14. The Morgan fingerprint density at radius 3 is 1.56 bits per heavy atom. The molecule has 0 saturated carbocycles. The van der Waals surface area contributed by atoms with Crippen LogP contribution >= 0.6 is 0 Å². The van der Waals surface area contributed by atoms with Crippen molar-refractivity contribution in [3.8, 4) is 33.8 Å². The molecule has 0 radical (unpaired) electrons. The van der Waals surface area contributed by atoms with Crippen LogP contribution in [0.4, 0.5) is 8.78 Å². The zero-order valence-corrected chi connectivity index (χ0v) is 26.7. The molecule has 8 heteroatoms. The van der Waals surface area contributed by atoms with Crippen molar-refractivity contribution in [3.05, 3.63) is 127 Å². The molecule has 4 aromatic carbocycles. The van der Waals surface area contributed by atoms with Crippen LogP contribution in [0.15, 0.2) is 110 Å². The molecule has 0 unspecified atom stereocenters. The first kappa shape index (κ1) is 32.7. The topological polar surface area (TPSA) is 59.1 Å². The molecule has 246 valence electrons. The Morgan fingerprint density at radius 1 is 0.604 bits per heavy atom. The average Bonchev–Trinajstić information content (AvgIpc) is 3.12. The number of piperidine rings is 2. The molecule has 2 aliphatic rings. The van der Waals surface area contributed by atoms with Crippen molar-refractivity contribution in [1.82, 2.24) is 9.80 Å². The number of rotatable bonds is 9. The Bertz CT molecular complexity index is 1750. The number of carbonyl (C=O) groups excluding carboxylic acids is 2. The number of carbonyl (C=O) groups is 2. The summed E-state index contributed by atoms with van der Waals surface area (Å²) in [5, 5.41) is 0. The van der Waals surface area contributed by atoms with Crippen molar-refractivity contribution in [1.29, 1.82) is 0 Å². The summed E-state index contributed by atoms with van der Waals surface area (Å²) in [6.07, 6.45) is 7.43. The molecule has 48 heavy (non-hydrogen) atoms. The third-order valence-corrected chi connectivity index (χ3v) is 8.85. The van der Waals surface area contributed by atoms with E-state index >= 15 is 0 Å². The van der Waals surface area contributed by atoms with Crippen LogP contribution in [0.2, 0.25) is 0 Å². The maximum Gasteiger partial charge on any atom is 0.246 e. The highest BCUT2D eigenvalue weighted by molar-refractivity contribution is 5.92. The van der Waals surface area contributed by atoms with E-state index in [1.165, 1.54) is 36.4 Å². The van der Waals surface area contributed by atoms with Gasteiger partial charge >= 0.3 is 0 Å². The van der Waals surface area contributed by atoms with Gasteiger partial charge in [0.25, 0.3) is 0 Å². The van der Waals surface area contributed by atoms with Crippen LogP contribution in [0.1, 0.15) is 31.2 Å². The zero-order chi connectivity index (χ0) is 33.5. The van der Waals surface area contributed by atoms with Crippen LogP contribution in [0.25, 0.3) is 28.3 Å². The summed E-state index contributed by atoms with van der Waals surface area (Å²) in [6.45, 7) is 5.96. The smallest absolute Gasteiger partial charge is 0.246 e. The molecule has 2 heterocycles. The number of ether oxygens (including phenoxy) is 2. The summed E-state index contributed by atoms with van der Waals surface area (Å²) in [5.74, 6) is 0.660. The van der Waals surface area contributed by atoms with E-state index in [2.05, 4.69) is 6.58 Å². The van der Waals surface area contributed by atoms with Gasteiger partial charge in [0.05, 0.1) is 0 Å². The minimum Gasteiger partial charge on any atom is -0.490 e. The van der Waals surface area contributed by atoms with Gasteiger partial charge in [-0.15, -0.1) is 0 Å². The van der Waals surface area contributed by atoms with Crippen LogP contribution in [0.3, 0.4) is 0 Å². The Morgan fingerprint density at radius 2 is 1.06 bits per heavy atom. The number of benzene rings is 4. The van der Waals surface area contributed by atoms with E-state index in [1.807, 2.05) is 54.6 Å². The third kappa shape index (κ3) is 8.37. The molecular weight excluding hydrogens is 610 g/mol. The van der Waals surface area contributed by atoms with E-state index in [0.717, 1.165) is 41.0 Å². The molecule has 4 aromatic rings. The van der Waals surface area contributed by atoms with Gasteiger partial charge in [-0.05, 0) is 94.6 Å². The van der Waals surface area contributed by atoms with E-state index in [4.69, 9.17) is 9.47 Å². The van der Waals surface area contributed by atoms with Crippen LogP contribution in [0.5, 0.6) is 11.5 Å². The van der Waals surface area contributed by atoms with Gasteiger partial charge in [-0.3, -0.25) is 9.59 Å². The average molecular weight is 649 g/mol. The first-order valence-corrected chi connectivity index (χ1v) is 16.3. The van der Waals surface area contributed by atoms with Crippen LogP contribution in [-0.4, -0.2) is 60.0 Å². The van der Waals surface area contributed by atoms with Gasteiger partial charge in [0.2, 0.25) is 11.8 Å². The predicted octanol–water partition coefficient (Wildman–Crippen LogP) is 7.94. The summed E-state index contributed by atoms with van der Waals surface area (Å²) >= 11 is 0. The second-order valence-corrected chi connectivity index (χ2v) is 12.2. The van der Waals surface area contributed by atoms with Crippen LogP contribution in [-0.2, 0) is 9.59 Å². The van der Waals surface area contributed by atoms with Gasteiger partial charge in [-0.1, -0.05) is 43.0 Å². The molecule has 0 N–H and O–H groups in total. The number of hydrogen-bond donors (Lipinski definition) is 0. The van der Waals surface area contributed by atoms with Gasteiger partial charge in [0.15, 0.2) is 0 Å². The third-order valence-electron chi connectivity index (χ3n) is 8.85. The molecule has 0 spiro atoms. The van der Waals surface area contributed by atoms with E-state index in [-0.39, 0.29) is 35.7 Å². The highest BCUT2D eigenvalue weighted by Gasteiger charge is 2.24. The monoisotopic (exact) mass is 648 g/mol. The minimum absolute atomic E-state index is 0.00157. The lowest BCUT2D eigenvalue weighted by molar-refractivity contribution is -0.128. The summed E-state index contributed by atoms with van der Waals surface area (Å²) < 4.78 is 40.2. The normalized spacial score (nSPS) is 15.8. The van der Waals surface area contributed by atoms with Crippen molar-refractivity contribution in [2.45, 2.75) is 37.9 Å². The van der Waals surface area contributed by atoms with Gasteiger partial charge < -0.3 is 19.3 Å². The second kappa shape index (κ2) is 15.1. The largest absolute Gasteiger partial charge is 0.490 e. The number of nitrogens with zero attached hydrogens (tertiary/aromatic N) is 2. The van der Waals surface area contributed by atoms with Crippen molar-refractivity contribution in [2.24, 2.45) is 0 Å². The number of amides is 2. The molecule has 0 bridgehead atoms. The minimum atomic E-state index is -0.385. The van der Waals surface area contributed by atoms with Gasteiger partial charge in [-0.2, -0.15) is 0 Å². The molecule has 0 aliphatic carbocycles. The summed E-state index contributed by atoms with van der Waals surface area (Å²) in [6, 6.07) is 26.4. The Balaban J connectivity index is 0.988. The van der Waals surface area contributed by atoms with Crippen molar-refractivity contribution < 1.29 is 27.8 Å². The van der Waals surface area contributed by atoms with E-state index in [1.54, 1.807) is 28.0 Å². The van der Waals surface area contributed by atoms with Gasteiger partial charge in [0, 0.05) is 57.9 Å². The van der Waals surface area contributed by atoms with E-state index < -0.39 is 0 Å². The number of likely N-dealkylation sites (tertiary alicyclic amines) is 2. The Hall–Kier alpha value is -5.24. The standard InChI is InChI=1S/C40H38F2N2O4/c1-2-39(45)43-21-17-37(18-22-43)48-36-14-8-31(9-15-36)32-25-28(26-34(42)27-32)3-16-40(46)44-23-19-38(20-24-44)47-35-12-6-30(7-13-35)29-4-10-33(41)11-5-29/h2-16,25-27,37-38H,1,17-24H2/b16-3+. The van der Waals surface area contributed by atoms with Crippen molar-refractivity contribution >= 4 is 17.9 Å². The first-order chi connectivity index (χ1) is 23.3. The number of halogens is 2. The highest BCUT2D eigenvalue weighted by atomic mass is 19.1.